The molecule has 6 heteroatoms. The Morgan fingerprint density at radius 3 is 2.32 bits per heavy atom. The second kappa shape index (κ2) is 10.4. The lowest BCUT2D eigenvalue weighted by Crippen LogP contribution is -2.40. The maximum atomic E-state index is 13.0. The van der Waals surface area contributed by atoms with Crippen molar-refractivity contribution in [2.24, 2.45) is 5.41 Å². The van der Waals surface area contributed by atoms with Crippen molar-refractivity contribution in [3.8, 4) is 11.5 Å². The van der Waals surface area contributed by atoms with Crippen LogP contribution >= 0.6 is 0 Å². The smallest absolute Gasteiger partial charge is 0.247 e. The van der Waals surface area contributed by atoms with Gasteiger partial charge in [0.2, 0.25) is 17.7 Å². The van der Waals surface area contributed by atoms with Crippen LogP contribution < -0.4 is 0 Å². The largest absolute Gasteiger partial charge is 0.421 e. The molecular formula is C25H31N3O3. The lowest BCUT2D eigenvalue weighted by Gasteiger charge is -2.32. The van der Waals surface area contributed by atoms with Crippen LogP contribution in [0, 0.1) is 5.41 Å². The minimum Gasteiger partial charge on any atom is -0.421 e. The van der Waals surface area contributed by atoms with Gasteiger partial charge in [-0.15, -0.1) is 10.2 Å². The topological polar surface area (TPSA) is 79.5 Å². The predicted octanol–water partition coefficient (Wildman–Crippen LogP) is 4.67. The summed E-state index contributed by atoms with van der Waals surface area (Å²) in [4.78, 5) is 14.7. The molecule has 0 aliphatic carbocycles. The molecule has 3 rings (SSSR count). The Hall–Kier alpha value is -2.99. The van der Waals surface area contributed by atoms with Gasteiger partial charge >= 0.3 is 0 Å². The third-order valence-electron chi connectivity index (χ3n) is 4.86. The van der Waals surface area contributed by atoms with Crippen molar-refractivity contribution in [2.45, 2.75) is 46.1 Å². The second-order valence-corrected chi connectivity index (χ2v) is 8.98. The number of aliphatic hydroxyl groups excluding tert-OH is 1. The average molecular weight is 422 g/mol. The number of carbonyl (C=O) groups excluding carboxylic acids is 1. The first-order chi connectivity index (χ1) is 14.8. The van der Waals surface area contributed by atoms with Gasteiger partial charge in [0, 0.05) is 24.9 Å². The van der Waals surface area contributed by atoms with Crippen LogP contribution in [-0.2, 0) is 11.2 Å². The van der Waals surface area contributed by atoms with Crippen LogP contribution in [0.1, 0.15) is 51.2 Å². The lowest BCUT2D eigenvalue weighted by atomic mass is 9.95. The Morgan fingerprint density at radius 2 is 1.68 bits per heavy atom. The van der Waals surface area contributed by atoms with Crippen molar-refractivity contribution in [1.82, 2.24) is 15.1 Å². The van der Waals surface area contributed by atoms with E-state index in [1.807, 2.05) is 60.7 Å². The SMILES string of the molecule is CC(C)(C)CN(C[C@@H](O)c1ccccc1)C(=O)CCCc1nnc(-c2ccccc2)o1. The number of benzene rings is 2. The molecule has 1 N–H and O–H groups in total. The summed E-state index contributed by atoms with van der Waals surface area (Å²) in [6.07, 6.45) is 0.797. The van der Waals surface area contributed by atoms with Crippen LogP contribution in [0.3, 0.4) is 0 Å². The molecule has 3 aromatic rings. The molecule has 0 unspecified atom stereocenters. The number of nitrogens with zero attached hydrogens (tertiary/aromatic N) is 3. The molecule has 164 valence electrons. The summed E-state index contributed by atoms with van der Waals surface area (Å²) in [6, 6.07) is 19.1. The highest BCUT2D eigenvalue weighted by atomic mass is 16.4. The van der Waals surface area contributed by atoms with Crippen LogP contribution in [0.4, 0.5) is 0 Å². The predicted molar refractivity (Wildman–Crippen MR) is 120 cm³/mol. The molecule has 0 bridgehead atoms. The van der Waals surface area contributed by atoms with E-state index in [9.17, 15) is 9.90 Å². The molecule has 0 radical (unpaired) electrons. The maximum Gasteiger partial charge on any atom is 0.247 e. The maximum absolute atomic E-state index is 13.0. The van der Waals surface area contributed by atoms with Gasteiger partial charge in [0.25, 0.3) is 0 Å². The number of aliphatic hydroxyl groups is 1. The zero-order valence-corrected chi connectivity index (χ0v) is 18.5. The Bertz CT molecular complexity index is 949. The first-order valence-corrected chi connectivity index (χ1v) is 10.7. The van der Waals surface area contributed by atoms with E-state index in [0.29, 0.717) is 37.6 Å². The van der Waals surface area contributed by atoms with E-state index < -0.39 is 6.10 Å². The van der Waals surface area contributed by atoms with Gasteiger partial charge in [0.1, 0.15) is 0 Å². The van der Waals surface area contributed by atoms with E-state index in [2.05, 4.69) is 31.0 Å². The van der Waals surface area contributed by atoms with Gasteiger partial charge in [-0.1, -0.05) is 69.3 Å². The molecular weight excluding hydrogens is 390 g/mol. The highest BCUT2D eigenvalue weighted by molar-refractivity contribution is 5.76. The fourth-order valence-electron chi connectivity index (χ4n) is 3.42. The molecule has 0 fully saturated rings. The van der Waals surface area contributed by atoms with Crippen LogP contribution in [0.25, 0.3) is 11.5 Å². The van der Waals surface area contributed by atoms with Gasteiger partial charge in [-0.05, 0) is 29.5 Å². The molecule has 1 atom stereocenters. The van der Waals surface area contributed by atoms with Gasteiger partial charge in [-0.25, -0.2) is 0 Å². The van der Waals surface area contributed by atoms with E-state index in [-0.39, 0.29) is 17.9 Å². The Morgan fingerprint density at radius 1 is 1.03 bits per heavy atom. The van der Waals surface area contributed by atoms with Crippen molar-refractivity contribution >= 4 is 5.91 Å². The quantitative estimate of drug-likeness (QED) is 0.543. The van der Waals surface area contributed by atoms with Crippen LogP contribution in [-0.4, -0.2) is 39.2 Å². The van der Waals surface area contributed by atoms with Gasteiger partial charge in [0.05, 0.1) is 12.6 Å². The fourth-order valence-corrected chi connectivity index (χ4v) is 3.42. The van der Waals surface area contributed by atoms with Crippen molar-refractivity contribution in [1.29, 1.82) is 0 Å². The van der Waals surface area contributed by atoms with Crippen LogP contribution in [0.15, 0.2) is 65.1 Å². The van der Waals surface area contributed by atoms with Crippen molar-refractivity contribution in [2.75, 3.05) is 13.1 Å². The van der Waals surface area contributed by atoms with E-state index in [1.54, 1.807) is 4.90 Å². The number of carbonyl (C=O) groups is 1. The Kier molecular flexibility index (Phi) is 7.58. The molecule has 2 aromatic carbocycles. The standard InChI is InChI=1S/C25H31N3O3/c1-25(2,3)18-28(17-21(29)19-11-6-4-7-12-19)23(30)16-10-15-22-26-27-24(31-22)20-13-8-5-9-14-20/h4-9,11-14,21,29H,10,15-18H2,1-3H3/t21-/m1/s1. The van der Waals surface area contributed by atoms with Crippen LogP contribution in [0.5, 0.6) is 0 Å². The number of aryl methyl sites for hydroxylation is 1. The Balaban J connectivity index is 1.57. The van der Waals surface area contributed by atoms with Crippen LogP contribution in [0.2, 0.25) is 0 Å². The summed E-state index contributed by atoms with van der Waals surface area (Å²) in [5, 5.41) is 18.8. The first kappa shape index (κ1) is 22.7. The normalized spacial score (nSPS) is 12.5. The number of amides is 1. The summed E-state index contributed by atoms with van der Waals surface area (Å²) < 4.78 is 5.73. The molecule has 1 heterocycles. The third kappa shape index (κ3) is 7.03. The van der Waals surface area contributed by atoms with E-state index in [4.69, 9.17) is 4.42 Å². The molecule has 1 aromatic heterocycles. The van der Waals surface area contributed by atoms with E-state index >= 15 is 0 Å². The summed E-state index contributed by atoms with van der Waals surface area (Å²) in [7, 11) is 0. The molecule has 0 saturated carbocycles. The Labute approximate surface area is 183 Å². The molecule has 0 spiro atoms. The monoisotopic (exact) mass is 421 g/mol. The zero-order chi connectivity index (χ0) is 22.3. The van der Waals surface area contributed by atoms with Gasteiger partial charge in [0.15, 0.2) is 0 Å². The van der Waals surface area contributed by atoms with Gasteiger partial charge < -0.3 is 14.4 Å². The number of hydrogen-bond acceptors (Lipinski definition) is 5. The summed E-state index contributed by atoms with van der Waals surface area (Å²) in [5.41, 5.74) is 1.63. The zero-order valence-electron chi connectivity index (χ0n) is 18.5. The summed E-state index contributed by atoms with van der Waals surface area (Å²) in [6.45, 7) is 7.12. The van der Waals surface area contributed by atoms with Gasteiger partial charge in [-0.3, -0.25) is 4.79 Å². The molecule has 0 saturated heterocycles. The average Bonchev–Trinajstić information content (AvgIpc) is 3.22. The minimum absolute atomic E-state index is 0.0210. The minimum atomic E-state index is -0.711. The summed E-state index contributed by atoms with van der Waals surface area (Å²) in [5.74, 6) is 1.04. The van der Waals surface area contributed by atoms with E-state index in [0.717, 1.165) is 11.1 Å². The van der Waals surface area contributed by atoms with Gasteiger partial charge in [-0.2, -0.15) is 0 Å². The van der Waals surface area contributed by atoms with Crippen molar-refractivity contribution in [3.63, 3.8) is 0 Å². The van der Waals surface area contributed by atoms with Crippen molar-refractivity contribution < 1.29 is 14.3 Å². The molecule has 31 heavy (non-hydrogen) atoms. The second-order valence-electron chi connectivity index (χ2n) is 8.98. The summed E-state index contributed by atoms with van der Waals surface area (Å²) >= 11 is 0. The van der Waals surface area contributed by atoms with E-state index in [1.165, 1.54) is 0 Å². The number of hydrogen-bond donors (Lipinski definition) is 1. The third-order valence-corrected chi connectivity index (χ3v) is 4.86. The van der Waals surface area contributed by atoms with Crippen molar-refractivity contribution in [3.05, 3.63) is 72.1 Å². The highest BCUT2D eigenvalue weighted by Gasteiger charge is 2.24. The highest BCUT2D eigenvalue weighted by Crippen LogP contribution is 2.21. The molecule has 6 nitrogen and oxygen atoms in total. The lowest BCUT2D eigenvalue weighted by molar-refractivity contribution is -0.134. The molecule has 0 aliphatic heterocycles. The first-order valence-electron chi connectivity index (χ1n) is 10.7. The molecule has 1 amide bonds. The number of aromatic nitrogens is 2. The molecule has 0 aliphatic rings. The fraction of sp³-hybridized carbons (Fsp3) is 0.400. The number of rotatable bonds is 9.